The van der Waals surface area contributed by atoms with Crippen LogP contribution >= 0.6 is 11.3 Å². The molecule has 1 atom stereocenters. The molecule has 2 nitrogen and oxygen atoms in total. The van der Waals surface area contributed by atoms with Crippen LogP contribution in [0.3, 0.4) is 0 Å². The van der Waals surface area contributed by atoms with Crippen molar-refractivity contribution in [3.63, 3.8) is 0 Å². The summed E-state index contributed by atoms with van der Waals surface area (Å²) in [6.07, 6.45) is 0. The van der Waals surface area contributed by atoms with Gasteiger partial charge in [0, 0.05) is 28.9 Å². The van der Waals surface area contributed by atoms with Crippen molar-refractivity contribution in [1.29, 1.82) is 0 Å². The number of likely N-dealkylation sites (N-methyl/N-ethyl adjacent to an activating group) is 1. The van der Waals surface area contributed by atoms with Gasteiger partial charge in [0.25, 0.3) is 0 Å². The zero-order chi connectivity index (χ0) is 14.7. The molecule has 0 bridgehead atoms. The molecule has 108 valence electrons. The minimum atomic E-state index is 0.292. The molecular formula is C17H24N2S. The van der Waals surface area contributed by atoms with Gasteiger partial charge in [-0.15, -0.1) is 11.3 Å². The van der Waals surface area contributed by atoms with Crippen LogP contribution in [0.5, 0.6) is 0 Å². The highest BCUT2D eigenvalue weighted by atomic mass is 32.1. The van der Waals surface area contributed by atoms with E-state index in [1.54, 1.807) is 0 Å². The molecule has 0 aliphatic heterocycles. The van der Waals surface area contributed by atoms with E-state index in [1.165, 1.54) is 26.4 Å². The maximum Gasteiger partial charge on any atom is 0.0481 e. The highest BCUT2D eigenvalue weighted by Crippen LogP contribution is 2.29. The Bertz CT molecular complexity index is 574. The minimum Gasteiger partial charge on any atom is -0.329 e. The molecule has 1 heterocycles. The maximum atomic E-state index is 6.03. The van der Waals surface area contributed by atoms with E-state index in [-0.39, 0.29) is 0 Å². The lowest BCUT2D eigenvalue weighted by molar-refractivity contribution is 0.241. The van der Waals surface area contributed by atoms with Gasteiger partial charge in [-0.2, -0.15) is 0 Å². The summed E-state index contributed by atoms with van der Waals surface area (Å²) in [7, 11) is 2.16. The van der Waals surface area contributed by atoms with Crippen molar-refractivity contribution in [3.05, 3.63) is 56.8 Å². The van der Waals surface area contributed by atoms with Gasteiger partial charge in [-0.25, -0.2) is 0 Å². The average Bonchev–Trinajstić information content (AvgIpc) is 2.69. The molecule has 0 aliphatic rings. The number of nitrogens with two attached hydrogens (primary N) is 1. The zero-order valence-corrected chi connectivity index (χ0v) is 13.6. The van der Waals surface area contributed by atoms with Crippen LogP contribution in [0.1, 0.15) is 32.5 Å². The maximum absolute atomic E-state index is 6.03. The molecule has 0 saturated carbocycles. The van der Waals surface area contributed by atoms with Gasteiger partial charge >= 0.3 is 0 Å². The first-order valence-electron chi connectivity index (χ1n) is 7.04. The molecule has 1 aromatic heterocycles. The topological polar surface area (TPSA) is 29.3 Å². The fraction of sp³-hybridized carbons (Fsp3) is 0.412. The summed E-state index contributed by atoms with van der Waals surface area (Å²) in [5, 5.41) is 0. The van der Waals surface area contributed by atoms with Crippen LogP contribution in [0.15, 0.2) is 30.3 Å². The van der Waals surface area contributed by atoms with Gasteiger partial charge in [-0.3, -0.25) is 4.90 Å². The Morgan fingerprint density at radius 3 is 2.50 bits per heavy atom. The van der Waals surface area contributed by atoms with Gasteiger partial charge in [0.2, 0.25) is 0 Å². The fourth-order valence-corrected chi connectivity index (χ4v) is 3.72. The molecule has 1 aromatic carbocycles. The second-order valence-electron chi connectivity index (χ2n) is 5.52. The Kier molecular flexibility index (Phi) is 4.97. The van der Waals surface area contributed by atoms with Crippen molar-refractivity contribution in [1.82, 2.24) is 4.90 Å². The average molecular weight is 288 g/mol. The summed E-state index contributed by atoms with van der Waals surface area (Å²) in [4.78, 5) is 5.09. The largest absolute Gasteiger partial charge is 0.329 e. The predicted octanol–water partition coefficient (Wildman–Crippen LogP) is 3.81. The van der Waals surface area contributed by atoms with Crippen molar-refractivity contribution < 1.29 is 0 Å². The predicted molar refractivity (Wildman–Crippen MR) is 88.2 cm³/mol. The third-order valence-electron chi connectivity index (χ3n) is 3.71. The minimum absolute atomic E-state index is 0.292. The second-order valence-corrected chi connectivity index (χ2v) is 6.98. The number of nitrogens with zero attached hydrogens (tertiary/aromatic N) is 1. The first-order chi connectivity index (χ1) is 9.51. The lowest BCUT2D eigenvalue weighted by atomic mass is 10.0. The van der Waals surface area contributed by atoms with Crippen LogP contribution in [0.4, 0.5) is 0 Å². The van der Waals surface area contributed by atoms with Crippen LogP contribution in [0.25, 0.3) is 0 Å². The van der Waals surface area contributed by atoms with Gasteiger partial charge in [0.05, 0.1) is 0 Å². The van der Waals surface area contributed by atoms with E-state index in [9.17, 15) is 0 Å². The van der Waals surface area contributed by atoms with E-state index in [4.69, 9.17) is 5.73 Å². The Balaban J connectivity index is 2.17. The Hall–Kier alpha value is -1.16. The van der Waals surface area contributed by atoms with E-state index >= 15 is 0 Å². The molecule has 0 aliphatic carbocycles. The molecule has 2 aromatic rings. The molecule has 0 amide bonds. The Labute approximate surface area is 126 Å². The van der Waals surface area contributed by atoms with Crippen LogP contribution < -0.4 is 5.73 Å². The second kappa shape index (κ2) is 6.53. The van der Waals surface area contributed by atoms with E-state index in [0.717, 1.165) is 6.54 Å². The quantitative estimate of drug-likeness (QED) is 0.906. The summed E-state index contributed by atoms with van der Waals surface area (Å²) in [6.45, 7) is 8.07. The number of hydrogen-bond donors (Lipinski definition) is 1. The number of benzene rings is 1. The summed E-state index contributed by atoms with van der Waals surface area (Å²) in [5.41, 5.74) is 10.1. The molecule has 0 saturated heterocycles. The van der Waals surface area contributed by atoms with Crippen LogP contribution in [-0.2, 0) is 6.54 Å². The van der Waals surface area contributed by atoms with Crippen LogP contribution in [0.2, 0.25) is 0 Å². The third kappa shape index (κ3) is 3.48. The number of thiophene rings is 1. The summed E-state index contributed by atoms with van der Waals surface area (Å²) >= 11 is 1.86. The standard InChI is InChI=1S/C17H24N2S/c1-12-6-5-7-15(8-12)11-19(4)17(10-18)16-9-13(2)20-14(16)3/h5-9,17H,10-11,18H2,1-4H3. The van der Waals surface area contributed by atoms with Gasteiger partial charge in [-0.05, 0) is 45.0 Å². The fourth-order valence-electron chi connectivity index (χ4n) is 2.73. The van der Waals surface area contributed by atoms with Gasteiger partial charge in [-0.1, -0.05) is 29.8 Å². The normalized spacial score (nSPS) is 12.9. The lowest BCUT2D eigenvalue weighted by Crippen LogP contribution is -2.30. The Morgan fingerprint density at radius 1 is 1.20 bits per heavy atom. The molecule has 2 rings (SSSR count). The van der Waals surface area contributed by atoms with Gasteiger partial charge in [0.15, 0.2) is 0 Å². The molecule has 20 heavy (non-hydrogen) atoms. The number of aryl methyl sites for hydroxylation is 3. The SMILES string of the molecule is Cc1cccc(CN(C)C(CN)c2cc(C)sc2C)c1. The summed E-state index contributed by atoms with van der Waals surface area (Å²) < 4.78 is 0. The lowest BCUT2D eigenvalue weighted by Gasteiger charge is -2.27. The van der Waals surface area contributed by atoms with Crippen LogP contribution in [-0.4, -0.2) is 18.5 Å². The first-order valence-corrected chi connectivity index (χ1v) is 7.85. The van der Waals surface area contributed by atoms with Gasteiger partial charge < -0.3 is 5.73 Å². The van der Waals surface area contributed by atoms with Gasteiger partial charge in [0.1, 0.15) is 0 Å². The molecule has 0 radical (unpaired) electrons. The number of rotatable bonds is 5. The zero-order valence-electron chi connectivity index (χ0n) is 12.8. The molecule has 2 N–H and O–H groups in total. The monoisotopic (exact) mass is 288 g/mol. The van der Waals surface area contributed by atoms with Crippen molar-refractivity contribution in [3.8, 4) is 0 Å². The number of hydrogen-bond acceptors (Lipinski definition) is 3. The first kappa shape index (κ1) is 15.2. The van der Waals surface area contributed by atoms with Crippen molar-refractivity contribution >= 4 is 11.3 Å². The van der Waals surface area contributed by atoms with Crippen LogP contribution in [0, 0.1) is 20.8 Å². The summed E-state index contributed by atoms with van der Waals surface area (Å²) in [5.74, 6) is 0. The van der Waals surface area contributed by atoms with Crippen molar-refractivity contribution in [2.45, 2.75) is 33.4 Å². The summed E-state index contributed by atoms with van der Waals surface area (Å²) in [6, 6.07) is 11.3. The van der Waals surface area contributed by atoms with Crippen molar-refractivity contribution in [2.75, 3.05) is 13.6 Å². The van der Waals surface area contributed by atoms with E-state index in [1.807, 2.05) is 11.3 Å². The molecule has 1 unspecified atom stereocenters. The molecule has 0 fully saturated rings. The molecule has 3 heteroatoms. The van der Waals surface area contributed by atoms with E-state index in [2.05, 4.69) is 63.1 Å². The highest BCUT2D eigenvalue weighted by Gasteiger charge is 2.19. The van der Waals surface area contributed by atoms with E-state index in [0.29, 0.717) is 12.6 Å². The molecule has 0 spiro atoms. The smallest absolute Gasteiger partial charge is 0.0481 e. The highest BCUT2D eigenvalue weighted by molar-refractivity contribution is 7.12. The Morgan fingerprint density at radius 2 is 1.95 bits per heavy atom. The third-order valence-corrected chi connectivity index (χ3v) is 4.69. The van der Waals surface area contributed by atoms with E-state index < -0.39 is 0 Å². The van der Waals surface area contributed by atoms with Crippen molar-refractivity contribution in [2.24, 2.45) is 5.73 Å². The molecular weight excluding hydrogens is 264 g/mol.